The van der Waals surface area contributed by atoms with Gasteiger partial charge in [-0.05, 0) is 39.3 Å². The van der Waals surface area contributed by atoms with Gasteiger partial charge in [0.25, 0.3) is 0 Å². The van der Waals surface area contributed by atoms with Crippen molar-refractivity contribution in [2.24, 2.45) is 0 Å². The maximum absolute atomic E-state index is 5.49. The van der Waals surface area contributed by atoms with Gasteiger partial charge in [-0.2, -0.15) is 0 Å². The molecule has 2 saturated heterocycles. The fourth-order valence-electron chi connectivity index (χ4n) is 3.61. The Labute approximate surface area is 128 Å². The van der Waals surface area contributed by atoms with E-state index in [4.69, 9.17) is 9.72 Å². The van der Waals surface area contributed by atoms with Crippen molar-refractivity contribution in [1.29, 1.82) is 0 Å². The summed E-state index contributed by atoms with van der Waals surface area (Å²) in [4.78, 5) is 9.75. The highest BCUT2D eigenvalue weighted by Gasteiger charge is 2.29. The molecular formula is C17H27N3O. The van der Waals surface area contributed by atoms with Gasteiger partial charge >= 0.3 is 0 Å². The maximum Gasteiger partial charge on any atom is 0.133 e. The lowest BCUT2D eigenvalue weighted by Gasteiger charge is -2.40. The SMILES string of the molecule is CC(C)N1CCCC[C@@H]1c1cccnc1N1CCOCC1. The average molecular weight is 289 g/mol. The van der Waals surface area contributed by atoms with E-state index >= 15 is 0 Å². The lowest BCUT2D eigenvalue weighted by molar-refractivity contribution is 0.110. The van der Waals surface area contributed by atoms with Crippen molar-refractivity contribution in [3.8, 4) is 0 Å². The van der Waals surface area contributed by atoms with Crippen molar-refractivity contribution in [1.82, 2.24) is 9.88 Å². The lowest BCUT2D eigenvalue weighted by Crippen LogP contribution is -2.41. The molecule has 21 heavy (non-hydrogen) atoms. The number of morpholine rings is 1. The predicted molar refractivity (Wildman–Crippen MR) is 85.7 cm³/mol. The Balaban J connectivity index is 1.89. The topological polar surface area (TPSA) is 28.6 Å². The molecule has 4 nitrogen and oxygen atoms in total. The second-order valence-electron chi connectivity index (χ2n) is 6.36. The third kappa shape index (κ3) is 3.22. The zero-order valence-electron chi connectivity index (χ0n) is 13.3. The van der Waals surface area contributed by atoms with Crippen molar-refractivity contribution in [3.05, 3.63) is 23.9 Å². The minimum Gasteiger partial charge on any atom is -0.378 e. The molecule has 2 aliphatic heterocycles. The van der Waals surface area contributed by atoms with Gasteiger partial charge in [-0.1, -0.05) is 12.5 Å². The van der Waals surface area contributed by atoms with Gasteiger partial charge in [0.05, 0.1) is 13.2 Å². The lowest BCUT2D eigenvalue weighted by atomic mass is 9.94. The van der Waals surface area contributed by atoms with Crippen LogP contribution in [0.2, 0.25) is 0 Å². The quantitative estimate of drug-likeness (QED) is 0.855. The van der Waals surface area contributed by atoms with Crippen LogP contribution < -0.4 is 4.90 Å². The second kappa shape index (κ2) is 6.75. The summed E-state index contributed by atoms with van der Waals surface area (Å²) in [6.07, 6.45) is 5.82. The van der Waals surface area contributed by atoms with Crippen LogP contribution >= 0.6 is 0 Å². The summed E-state index contributed by atoms with van der Waals surface area (Å²) in [5.41, 5.74) is 1.41. The molecule has 116 valence electrons. The fraction of sp³-hybridized carbons (Fsp3) is 0.706. The predicted octanol–water partition coefficient (Wildman–Crippen LogP) is 2.85. The molecule has 0 N–H and O–H groups in total. The number of likely N-dealkylation sites (tertiary alicyclic amines) is 1. The average Bonchev–Trinajstić information content (AvgIpc) is 2.55. The van der Waals surface area contributed by atoms with E-state index in [2.05, 4.69) is 35.8 Å². The van der Waals surface area contributed by atoms with E-state index in [0.29, 0.717) is 12.1 Å². The Morgan fingerprint density at radius 3 is 2.76 bits per heavy atom. The van der Waals surface area contributed by atoms with E-state index < -0.39 is 0 Å². The molecule has 0 unspecified atom stereocenters. The number of piperidine rings is 1. The van der Waals surface area contributed by atoms with Crippen LogP contribution in [0, 0.1) is 0 Å². The Hall–Kier alpha value is -1.13. The van der Waals surface area contributed by atoms with Gasteiger partial charge in [0.2, 0.25) is 0 Å². The van der Waals surface area contributed by atoms with Gasteiger partial charge < -0.3 is 9.64 Å². The number of pyridine rings is 1. The highest BCUT2D eigenvalue weighted by Crippen LogP contribution is 2.36. The summed E-state index contributed by atoms with van der Waals surface area (Å²) in [5.74, 6) is 1.18. The summed E-state index contributed by atoms with van der Waals surface area (Å²) in [5, 5.41) is 0. The molecule has 4 heteroatoms. The third-order valence-corrected chi connectivity index (χ3v) is 4.69. The number of hydrogen-bond donors (Lipinski definition) is 0. The fourth-order valence-corrected chi connectivity index (χ4v) is 3.61. The number of nitrogens with zero attached hydrogens (tertiary/aromatic N) is 3. The zero-order chi connectivity index (χ0) is 14.7. The van der Waals surface area contributed by atoms with Gasteiger partial charge in [0.1, 0.15) is 5.82 Å². The first-order chi connectivity index (χ1) is 10.3. The molecule has 0 saturated carbocycles. The van der Waals surface area contributed by atoms with Crippen molar-refractivity contribution in [3.63, 3.8) is 0 Å². The van der Waals surface area contributed by atoms with E-state index in [-0.39, 0.29) is 0 Å². The van der Waals surface area contributed by atoms with E-state index in [1.165, 1.54) is 37.2 Å². The van der Waals surface area contributed by atoms with E-state index in [9.17, 15) is 0 Å². The maximum atomic E-state index is 5.49. The molecule has 0 radical (unpaired) electrons. The Kier molecular flexibility index (Phi) is 4.76. The monoisotopic (exact) mass is 289 g/mol. The van der Waals surface area contributed by atoms with Crippen LogP contribution in [0.15, 0.2) is 18.3 Å². The molecule has 2 aliphatic rings. The van der Waals surface area contributed by atoms with Crippen LogP contribution in [0.4, 0.5) is 5.82 Å². The smallest absolute Gasteiger partial charge is 0.133 e. The van der Waals surface area contributed by atoms with Crippen molar-refractivity contribution >= 4 is 5.82 Å². The van der Waals surface area contributed by atoms with Crippen LogP contribution in [0.3, 0.4) is 0 Å². The van der Waals surface area contributed by atoms with Gasteiger partial charge in [0, 0.05) is 36.9 Å². The molecule has 2 fully saturated rings. The number of rotatable bonds is 3. The molecule has 1 atom stereocenters. The number of anilines is 1. The normalized spacial score (nSPS) is 24.5. The summed E-state index contributed by atoms with van der Waals surface area (Å²) >= 11 is 0. The molecule has 0 amide bonds. The summed E-state index contributed by atoms with van der Waals surface area (Å²) < 4.78 is 5.49. The zero-order valence-corrected chi connectivity index (χ0v) is 13.3. The van der Waals surface area contributed by atoms with Gasteiger partial charge in [-0.15, -0.1) is 0 Å². The van der Waals surface area contributed by atoms with E-state index in [1.54, 1.807) is 0 Å². The van der Waals surface area contributed by atoms with Crippen molar-refractivity contribution in [2.75, 3.05) is 37.7 Å². The molecule has 3 heterocycles. The Morgan fingerprint density at radius 1 is 1.19 bits per heavy atom. The van der Waals surface area contributed by atoms with Crippen LogP contribution in [0.5, 0.6) is 0 Å². The highest BCUT2D eigenvalue weighted by atomic mass is 16.5. The molecule has 1 aromatic rings. The first-order valence-electron chi connectivity index (χ1n) is 8.30. The molecule has 0 spiro atoms. The van der Waals surface area contributed by atoms with E-state index in [0.717, 1.165) is 26.3 Å². The van der Waals surface area contributed by atoms with Crippen LogP contribution in [0.25, 0.3) is 0 Å². The Morgan fingerprint density at radius 2 is 2.00 bits per heavy atom. The van der Waals surface area contributed by atoms with Crippen LogP contribution in [-0.4, -0.2) is 48.8 Å². The van der Waals surface area contributed by atoms with Crippen molar-refractivity contribution in [2.45, 2.75) is 45.2 Å². The molecular weight excluding hydrogens is 262 g/mol. The highest BCUT2D eigenvalue weighted by molar-refractivity contribution is 5.49. The first kappa shape index (κ1) is 14.8. The standard InChI is InChI=1S/C17H27N3O/c1-14(2)20-9-4-3-7-16(20)15-6-5-8-18-17(15)19-10-12-21-13-11-19/h5-6,8,14,16H,3-4,7,9-13H2,1-2H3/t16-/m1/s1. The summed E-state index contributed by atoms with van der Waals surface area (Å²) in [6.45, 7) is 9.37. The number of hydrogen-bond acceptors (Lipinski definition) is 4. The molecule has 3 rings (SSSR count). The van der Waals surface area contributed by atoms with Gasteiger partial charge in [0.15, 0.2) is 0 Å². The minimum absolute atomic E-state index is 0.519. The first-order valence-corrected chi connectivity index (χ1v) is 8.30. The molecule has 1 aromatic heterocycles. The van der Waals surface area contributed by atoms with Gasteiger partial charge in [-0.25, -0.2) is 4.98 Å². The largest absolute Gasteiger partial charge is 0.378 e. The molecule has 0 aliphatic carbocycles. The minimum atomic E-state index is 0.519. The van der Waals surface area contributed by atoms with Crippen molar-refractivity contribution < 1.29 is 4.74 Å². The summed E-state index contributed by atoms with van der Waals surface area (Å²) in [7, 11) is 0. The number of aromatic nitrogens is 1. The molecule has 0 bridgehead atoms. The third-order valence-electron chi connectivity index (χ3n) is 4.69. The van der Waals surface area contributed by atoms with Gasteiger partial charge in [-0.3, -0.25) is 4.90 Å². The van der Waals surface area contributed by atoms with Crippen LogP contribution in [-0.2, 0) is 4.74 Å². The number of ether oxygens (including phenoxy) is 1. The summed E-state index contributed by atoms with van der Waals surface area (Å²) in [6, 6.07) is 5.48. The second-order valence-corrected chi connectivity index (χ2v) is 6.36. The molecule has 0 aromatic carbocycles. The van der Waals surface area contributed by atoms with E-state index in [1.807, 2.05) is 6.20 Å². The van der Waals surface area contributed by atoms with Crippen LogP contribution in [0.1, 0.15) is 44.7 Å². The Bertz CT molecular complexity index is 457.